The lowest BCUT2D eigenvalue weighted by Crippen LogP contribution is -2.24. The van der Waals surface area contributed by atoms with Crippen LogP contribution >= 0.6 is 0 Å². The fourth-order valence-electron chi connectivity index (χ4n) is 0.893. The van der Waals surface area contributed by atoms with Crippen molar-refractivity contribution < 1.29 is 18.3 Å². The van der Waals surface area contributed by atoms with E-state index >= 15 is 0 Å². The quantitative estimate of drug-likeness (QED) is 0.710. The number of methoxy groups -OCH3 is 1. The van der Waals surface area contributed by atoms with Crippen molar-refractivity contribution in [3.63, 3.8) is 0 Å². The molecule has 2 N–H and O–H groups in total. The van der Waals surface area contributed by atoms with Crippen LogP contribution in [0, 0.1) is 11.6 Å². The van der Waals surface area contributed by atoms with Gasteiger partial charge in [0.05, 0.1) is 13.3 Å². The average Bonchev–Trinajstić information content (AvgIpc) is 2.15. The summed E-state index contributed by atoms with van der Waals surface area (Å²) in [5.74, 6) is -2.63. The molecule has 4 nitrogen and oxygen atoms in total. The number of aromatic nitrogens is 1. The molecule has 0 saturated heterocycles. The van der Waals surface area contributed by atoms with Gasteiger partial charge in [0.2, 0.25) is 0 Å². The summed E-state index contributed by atoms with van der Waals surface area (Å²) in [5, 5.41) is 0. The molecule has 6 heteroatoms. The summed E-state index contributed by atoms with van der Waals surface area (Å²) in [4.78, 5) is 14.3. The Morgan fingerprint density at radius 2 is 2.29 bits per heavy atom. The van der Waals surface area contributed by atoms with Crippen LogP contribution in [0.4, 0.5) is 8.78 Å². The third kappa shape index (κ3) is 2.02. The van der Waals surface area contributed by atoms with Gasteiger partial charge in [-0.25, -0.2) is 13.6 Å². The number of hydrogen-bond acceptors (Lipinski definition) is 4. The lowest BCUT2D eigenvalue weighted by Gasteiger charge is -2.08. The normalized spacial score (nSPS) is 12.3. The predicted octanol–water partition coefficient (Wildman–Crippen LogP) is 0.533. The van der Waals surface area contributed by atoms with Crippen molar-refractivity contribution in [2.75, 3.05) is 7.11 Å². The van der Waals surface area contributed by atoms with Crippen molar-refractivity contribution in [2.45, 2.75) is 6.04 Å². The Bertz CT molecular complexity index is 357. The van der Waals surface area contributed by atoms with Gasteiger partial charge in [0.1, 0.15) is 23.4 Å². The van der Waals surface area contributed by atoms with Gasteiger partial charge in [0.15, 0.2) is 0 Å². The molecular formula is C8H8F2N2O2. The Kier molecular flexibility index (Phi) is 3.08. The van der Waals surface area contributed by atoms with E-state index in [4.69, 9.17) is 5.73 Å². The summed E-state index contributed by atoms with van der Waals surface area (Å²) < 4.78 is 29.7. The van der Waals surface area contributed by atoms with Gasteiger partial charge in [-0.3, -0.25) is 4.98 Å². The first-order valence-electron chi connectivity index (χ1n) is 3.70. The minimum Gasteiger partial charge on any atom is -0.468 e. The van der Waals surface area contributed by atoms with Crippen molar-refractivity contribution in [1.29, 1.82) is 0 Å². The number of pyridine rings is 1. The van der Waals surface area contributed by atoms with Gasteiger partial charge in [0, 0.05) is 6.07 Å². The van der Waals surface area contributed by atoms with Crippen molar-refractivity contribution in [3.8, 4) is 0 Å². The molecule has 76 valence electrons. The van der Waals surface area contributed by atoms with Crippen molar-refractivity contribution >= 4 is 5.97 Å². The molecule has 1 unspecified atom stereocenters. The SMILES string of the molecule is COC(=O)C(N)c1ncc(F)cc1F. The zero-order valence-corrected chi connectivity index (χ0v) is 7.33. The van der Waals surface area contributed by atoms with E-state index in [0.717, 1.165) is 13.3 Å². The van der Waals surface area contributed by atoms with Crippen LogP contribution < -0.4 is 5.73 Å². The number of halogens is 2. The zero-order valence-electron chi connectivity index (χ0n) is 7.33. The number of nitrogens with zero attached hydrogens (tertiary/aromatic N) is 1. The molecule has 0 aromatic carbocycles. The van der Waals surface area contributed by atoms with Gasteiger partial charge in [-0.2, -0.15) is 0 Å². The molecule has 0 aliphatic heterocycles. The second-order valence-corrected chi connectivity index (χ2v) is 2.52. The topological polar surface area (TPSA) is 65.2 Å². The molecule has 1 atom stereocenters. The molecule has 0 bridgehead atoms. The Morgan fingerprint density at radius 1 is 1.64 bits per heavy atom. The summed E-state index contributed by atoms with van der Waals surface area (Å²) in [5.41, 5.74) is 4.97. The Morgan fingerprint density at radius 3 is 2.79 bits per heavy atom. The van der Waals surface area contributed by atoms with Gasteiger partial charge >= 0.3 is 5.97 Å². The van der Waals surface area contributed by atoms with E-state index < -0.39 is 23.6 Å². The van der Waals surface area contributed by atoms with E-state index in [1.54, 1.807) is 0 Å². The van der Waals surface area contributed by atoms with Crippen LogP contribution in [0.15, 0.2) is 12.3 Å². The van der Waals surface area contributed by atoms with Gasteiger partial charge in [0.25, 0.3) is 0 Å². The van der Waals surface area contributed by atoms with Crippen molar-refractivity contribution in [1.82, 2.24) is 4.98 Å². The van der Waals surface area contributed by atoms with E-state index in [1.807, 2.05) is 0 Å². The minimum atomic E-state index is -1.33. The second-order valence-electron chi connectivity index (χ2n) is 2.52. The van der Waals surface area contributed by atoms with Crippen LogP contribution in [0.2, 0.25) is 0 Å². The van der Waals surface area contributed by atoms with Crippen LogP contribution in [-0.2, 0) is 9.53 Å². The molecule has 1 heterocycles. The molecular weight excluding hydrogens is 194 g/mol. The van der Waals surface area contributed by atoms with Crippen LogP contribution in [0.5, 0.6) is 0 Å². The van der Waals surface area contributed by atoms with Crippen molar-refractivity contribution in [3.05, 3.63) is 29.6 Å². The maximum atomic E-state index is 13.0. The number of carbonyl (C=O) groups excluding carboxylic acids is 1. The number of hydrogen-bond donors (Lipinski definition) is 1. The first-order valence-corrected chi connectivity index (χ1v) is 3.70. The van der Waals surface area contributed by atoms with Crippen LogP contribution in [0.3, 0.4) is 0 Å². The number of esters is 1. The highest BCUT2D eigenvalue weighted by molar-refractivity contribution is 5.76. The first kappa shape index (κ1) is 10.5. The lowest BCUT2D eigenvalue weighted by molar-refractivity contribution is -0.142. The van der Waals surface area contributed by atoms with Gasteiger partial charge in [-0.05, 0) is 0 Å². The lowest BCUT2D eigenvalue weighted by atomic mass is 10.2. The molecule has 0 aliphatic carbocycles. The van der Waals surface area contributed by atoms with E-state index in [2.05, 4.69) is 9.72 Å². The van der Waals surface area contributed by atoms with Crippen molar-refractivity contribution in [2.24, 2.45) is 5.73 Å². The molecule has 1 rings (SSSR count). The van der Waals surface area contributed by atoms with Gasteiger partial charge in [-0.15, -0.1) is 0 Å². The third-order valence-electron chi connectivity index (χ3n) is 1.59. The summed E-state index contributed by atoms with van der Waals surface area (Å²) in [6, 6.07) is -0.730. The van der Waals surface area contributed by atoms with Crippen LogP contribution in [0.1, 0.15) is 11.7 Å². The summed E-state index contributed by atoms with van der Waals surface area (Å²) in [6.07, 6.45) is 0.779. The molecule has 0 radical (unpaired) electrons. The van der Waals surface area contributed by atoms with E-state index in [-0.39, 0.29) is 5.69 Å². The predicted molar refractivity (Wildman–Crippen MR) is 43.1 cm³/mol. The van der Waals surface area contributed by atoms with Crippen LogP contribution in [0.25, 0.3) is 0 Å². The summed E-state index contributed by atoms with van der Waals surface area (Å²) >= 11 is 0. The highest BCUT2D eigenvalue weighted by Gasteiger charge is 2.21. The Balaban J connectivity index is 3.01. The number of carbonyl (C=O) groups is 1. The van der Waals surface area contributed by atoms with E-state index in [1.165, 1.54) is 0 Å². The third-order valence-corrected chi connectivity index (χ3v) is 1.59. The zero-order chi connectivity index (χ0) is 10.7. The Hall–Kier alpha value is -1.56. The monoisotopic (exact) mass is 202 g/mol. The van der Waals surface area contributed by atoms with E-state index in [0.29, 0.717) is 6.07 Å². The van der Waals surface area contributed by atoms with Crippen LogP contribution in [-0.4, -0.2) is 18.1 Å². The average molecular weight is 202 g/mol. The summed E-state index contributed by atoms with van der Waals surface area (Å²) in [7, 11) is 1.11. The van der Waals surface area contributed by atoms with Gasteiger partial charge in [-0.1, -0.05) is 0 Å². The minimum absolute atomic E-state index is 0.335. The first-order chi connectivity index (χ1) is 6.56. The highest BCUT2D eigenvalue weighted by atomic mass is 19.1. The number of nitrogens with two attached hydrogens (primary N) is 1. The fraction of sp³-hybridized carbons (Fsp3) is 0.250. The smallest absolute Gasteiger partial charge is 0.329 e. The fourth-order valence-corrected chi connectivity index (χ4v) is 0.893. The molecule has 0 fully saturated rings. The van der Waals surface area contributed by atoms with Gasteiger partial charge < -0.3 is 10.5 Å². The maximum Gasteiger partial charge on any atom is 0.329 e. The molecule has 14 heavy (non-hydrogen) atoms. The molecule has 1 aromatic rings. The number of ether oxygens (including phenoxy) is 1. The molecule has 0 amide bonds. The number of rotatable bonds is 2. The molecule has 0 saturated carbocycles. The summed E-state index contributed by atoms with van der Waals surface area (Å²) in [6.45, 7) is 0. The maximum absolute atomic E-state index is 13.0. The van der Waals surface area contributed by atoms with E-state index in [9.17, 15) is 13.6 Å². The molecule has 1 aromatic heterocycles. The second kappa shape index (κ2) is 4.10. The standard InChI is InChI=1S/C8H8F2N2O2/c1-14-8(13)6(11)7-5(10)2-4(9)3-12-7/h2-3,6H,11H2,1H3. The Labute approximate surface area is 78.7 Å². The molecule has 0 spiro atoms. The highest BCUT2D eigenvalue weighted by Crippen LogP contribution is 2.13. The molecule has 0 aliphatic rings. The largest absolute Gasteiger partial charge is 0.468 e.